The van der Waals surface area contributed by atoms with Gasteiger partial charge in [0.2, 0.25) is 5.91 Å². The fourth-order valence-electron chi connectivity index (χ4n) is 6.37. The molecule has 1 aliphatic rings. The van der Waals surface area contributed by atoms with Gasteiger partial charge < -0.3 is 25.7 Å². The van der Waals surface area contributed by atoms with E-state index in [9.17, 15) is 30.0 Å². The summed E-state index contributed by atoms with van der Waals surface area (Å²) in [6.45, 7) is 4.06. The van der Waals surface area contributed by atoms with Crippen LogP contribution in [-0.4, -0.2) is 63.1 Å². The smallest absolute Gasteiger partial charge is 0.220 e. The fraction of sp³-hybridized carbons (Fsp3) is 0.842. The Morgan fingerprint density at radius 3 is 2.04 bits per heavy atom. The molecule has 1 aliphatic carbocycles. The van der Waals surface area contributed by atoms with Gasteiger partial charge in [-0.05, 0) is 38.0 Å². The van der Waals surface area contributed by atoms with E-state index >= 15 is 0 Å². The predicted octanol–water partition coefficient (Wildman–Crippen LogP) is 7.49. The van der Waals surface area contributed by atoms with Crippen LogP contribution in [0.4, 0.5) is 0 Å². The summed E-state index contributed by atoms with van der Waals surface area (Å²) in [6, 6.07) is -0.706. The van der Waals surface area contributed by atoms with E-state index in [1.54, 1.807) is 12.2 Å². The molecule has 5 N–H and O–H groups in total. The van der Waals surface area contributed by atoms with E-state index in [2.05, 4.69) is 19.2 Å². The number of hydrogen-bond donors (Lipinski definition) is 5. The summed E-state index contributed by atoms with van der Waals surface area (Å²) in [5, 5.41) is 43.5. The van der Waals surface area contributed by atoms with Crippen LogP contribution in [0.1, 0.15) is 162 Å². The molecule has 0 saturated heterocycles. The van der Waals surface area contributed by atoms with E-state index in [0.717, 1.165) is 57.8 Å². The maximum absolute atomic E-state index is 12.4. The number of ketones is 1. The van der Waals surface area contributed by atoms with Crippen molar-refractivity contribution in [3.05, 3.63) is 24.3 Å². The molecule has 0 radical (unpaired) electrons. The highest BCUT2D eigenvalue weighted by Gasteiger charge is 2.39. The Bertz CT molecular complexity index is 799. The number of aliphatic hydroxyl groups excluding tert-OH is 4. The summed E-state index contributed by atoms with van der Waals surface area (Å²) in [5.41, 5.74) is 0. The molecule has 262 valence electrons. The van der Waals surface area contributed by atoms with E-state index < -0.39 is 24.4 Å². The van der Waals surface area contributed by atoms with Gasteiger partial charge in [-0.1, -0.05) is 141 Å². The third-order valence-corrected chi connectivity index (χ3v) is 9.34. The molecule has 0 heterocycles. The second-order valence-electron chi connectivity index (χ2n) is 13.4. The summed E-state index contributed by atoms with van der Waals surface area (Å²) in [4.78, 5) is 24.9. The van der Waals surface area contributed by atoms with Gasteiger partial charge in [0.15, 0.2) is 0 Å². The maximum Gasteiger partial charge on any atom is 0.220 e. The zero-order valence-corrected chi connectivity index (χ0v) is 28.8. The standard InChI is InChI=1S/C38H69NO6/c1-3-5-7-8-9-10-11-12-13-14-15-16-21-25-35(42)34(30-40)39-38(45)26-22-18-17-20-24-32-33(37(44)29-36(32)43)28-27-31(41)23-19-6-4-2/h21,25,27-28,31-36,40-43H,3-20,22-24,26,29-30H2,1-2H3,(H,39,45)/b25-21+,28-27+/t31-,32+,33+,34-,35+,36-/m0/s1. The van der Waals surface area contributed by atoms with Crippen molar-refractivity contribution in [2.24, 2.45) is 11.8 Å². The Morgan fingerprint density at radius 2 is 1.40 bits per heavy atom. The van der Waals surface area contributed by atoms with Crippen LogP contribution in [0.3, 0.4) is 0 Å². The second-order valence-corrected chi connectivity index (χ2v) is 13.4. The van der Waals surface area contributed by atoms with Crippen molar-refractivity contribution in [1.82, 2.24) is 5.32 Å². The lowest BCUT2D eigenvalue weighted by Crippen LogP contribution is -2.45. The highest BCUT2D eigenvalue weighted by Crippen LogP contribution is 2.34. The molecule has 7 heteroatoms. The molecule has 0 aromatic carbocycles. The first-order valence-corrected chi connectivity index (χ1v) is 18.7. The number of rotatable bonds is 29. The van der Waals surface area contributed by atoms with Crippen LogP contribution < -0.4 is 5.32 Å². The van der Waals surface area contributed by atoms with Crippen molar-refractivity contribution in [3.8, 4) is 0 Å². The van der Waals surface area contributed by atoms with Gasteiger partial charge in [-0.15, -0.1) is 0 Å². The Hall–Kier alpha value is -1.54. The van der Waals surface area contributed by atoms with Gasteiger partial charge in [-0.3, -0.25) is 9.59 Å². The average Bonchev–Trinajstić information content (AvgIpc) is 3.29. The number of amides is 1. The largest absolute Gasteiger partial charge is 0.394 e. The van der Waals surface area contributed by atoms with Gasteiger partial charge in [0.1, 0.15) is 5.78 Å². The highest BCUT2D eigenvalue weighted by atomic mass is 16.3. The van der Waals surface area contributed by atoms with E-state index in [1.165, 1.54) is 64.2 Å². The van der Waals surface area contributed by atoms with Crippen molar-refractivity contribution in [1.29, 1.82) is 0 Å². The summed E-state index contributed by atoms with van der Waals surface area (Å²) in [7, 11) is 0. The van der Waals surface area contributed by atoms with Crippen LogP contribution in [0.2, 0.25) is 0 Å². The molecule has 1 rings (SSSR count). The molecule has 1 amide bonds. The van der Waals surface area contributed by atoms with Gasteiger partial charge >= 0.3 is 0 Å². The molecule has 0 aromatic heterocycles. The zero-order chi connectivity index (χ0) is 33.1. The molecule has 1 saturated carbocycles. The Labute approximate surface area is 275 Å². The SMILES string of the molecule is CCCCCCCCCCCCC/C=C/[C@@H](O)[C@H](CO)NC(=O)CCCCCC[C@H]1[C@@H](O)CC(=O)[C@@H]1/C=C/[C@@H](O)CCCCC. The molecule has 6 atom stereocenters. The number of carbonyl (C=O) groups excluding carboxylic acids is 2. The molecule has 7 nitrogen and oxygen atoms in total. The quantitative estimate of drug-likeness (QED) is 0.0428. The summed E-state index contributed by atoms with van der Waals surface area (Å²) in [5.74, 6) is -0.575. The van der Waals surface area contributed by atoms with Crippen LogP contribution in [0.25, 0.3) is 0 Å². The Balaban J connectivity index is 2.18. The number of hydrogen-bond acceptors (Lipinski definition) is 6. The predicted molar refractivity (Wildman–Crippen MR) is 185 cm³/mol. The van der Waals surface area contributed by atoms with Crippen LogP contribution in [0.5, 0.6) is 0 Å². The third-order valence-electron chi connectivity index (χ3n) is 9.34. The fourth-order valence-corrected chi connectivity index (χ4v) is 6.37. The third kappa shape index (κ3) is 20.3. The monoisotopic (exact) mass is 636 g/mol. The number of allylic oxidation sites excluding steroid dienone is 2. The molecule has 1 fully saturated rings. The normalized spacial score (nSPS) is 20.8. The second kappa shape index (κ2) is 27.6. The Morgan fingerprint density at radius 1 is 0.822 bits per heavy atom. The average molecular weight is 636 g/mol. The first-order valence-electron chi connectivity index (χ1n) is 18.7. The van der Waals surface area contributed by atoms with Crippen LogP contribution >= 0.6 is 0 Å². The van der Waals surface area contributed by atoms with E-state index in [0.29, 0.717) is 19.3 Å². The lowest BCUT2D eigenvalue weighted by Gasteiger charge is -2.20. The van der Waals surface area contributed by atoms with Gasteiger partial charge in [-0.25, -0.2) is 0 Å². The van der Waals surface area contributed by atoms with Gasteiger partial charge in [-0.2, -0.15) is 0 Å². The molecular weight excluding hydrogens is 566 g/mol. The van der Waals surface area contributed by atoms with Gasteiger partial charge in [0, 0.05) is 18.8 Å². The minimum Gasteiger partial charge on any atom is -0.394 e. The lowest BCUT2D eigenvalue weighted by molar-refractivity contribution is -0.123. The van der Waals surface area contributed by atoms with E-state index in [4.69, 9.17) is 0 Å². The van der Waals surface area contributed by atoms with Crippen molar-refractivity contribution in [2.75, 3.05) is 6.61 Å². The minimum absolute atomic E-state index is 0.0470. The van der Waals surface area contributed by atoms with E-state index in [-0.39, 0.29) is 36.6 Å². The molecule has 0 bridgehead atoms. The zero-order valence-electron chi connectivity index (χ0n) is 28.8. The number of unbranched alkanes of at least 4 members (excludes halogenated alkanes) is 16. The van der Waals surface area contributed by atoms with Crippen molar-refractivity contribution < 1.29 is 30.0 Å². The lowest BCUT2D eigenvalue weighted by atomic mass is 9.88. The molecule has 0 aromatic rings. The summed E-state index contributed by atoms with van der Waals surface area (Å²) < 4.78 is 0. The van der Waals surface area contributed by atoms with Gasteiger partial charge in [0.25, 0.3) is 0 Å². The number of Topliss-reactive ketones (excluding diaryl/α,β-unsaturated/α-hetero) is 1. The molecule has 0 spiro atoms. The molecule has 0 unspecified atom stereocenters. The highest BCUT2D eigenvalue weighted by molar-refractivity contribution is 5.86. The van der Waals surface area contributed by atoms with Crippen molar-refractivity contribution in [2.45, 2.75) is 186 Å². The van der Waals surface area contributed by atoms with Crippen molar-refractivity contribution in [3.63, 3.8) is 0 Å². The number of carbonyl (C=O) groups is 2. The molecular formula is C38H69NO6. The van der Waals surface area contributed by atoms with Crippen LogP contribution in [0, 0.1) is 11.8 Å². The van der Waals surface area contributed by atoms with Crippen LogP contribution in [-0.2, 0) is 9.59 Å². The summed E-state index contributed by atoms with van der Waals surface area (Å²) in [6.07, 6.45) is 28.7. The first kappa shape index (κ1) is 41.5. The maximum atomic E-state index is 12.4. The molecule has 0 aliphatic heterocycles. The van der Waals surface area contributed by atoms with E-state index in [1.807, 2.05) is 12.2 Å². The summed E-state index contributed by atoms with van der Waals surface area (Å²) >= 11 is 0. The van der Waals surface area contributed by atoms with Crippen LogP contribution in [0.15, 0.2) is 24.3 Å². The minimum atomic E-state index is -0.911. The topological polar surface area (TPSA) is 127 Å². The number of aliphatic hydroxyl groups is 4. The Kier molecular flexibility index (Phi) is 25.4. The van der Waals surface area contributed by atoms with Crippen molar-refractivity contribution >= 4 is 11.7 Å². The number of nitrogens with one attached hydrogen (secondary N) is 1. The first-order chi connectivity index (χ1) is 21.8. The van der Waals surface area contributed by atoms with Gasteiger partial charge in [0.05, 0.1) is 31.0 Å². The molecule has 45 heavy (non-hydrogen) atoms.